The summed E-state index contributed by atoms with van der Waals surface area (Å²) in [5, 5.41) is 28.9. The first-order valence-corrected chi connectivity index (χ1v) is 12.4. The third-order valence-electron chi connectivity index (χ3n) is 6.94. The lowest BCUT2D eigenvalue weighted by Gasteiger charge is -2.42. The molecule has 0 aromatic heterocycles. The molecule has 0 radical (unpaired) electrons. The van der Waals surface area contributed by atoms with Crippen molar-refractivity contribution in [1.82, 2.24) is 26.2 Å². The van der Waals surface area contributed by atoms with E-state index in [0.29, 0.717) is 25.7 Å². The molecule has 0 aromatic carbocycles. The monoisotopic (exact) mass is 538 g/mol. The highest BCUT2D eigenvalue weighted by atomic mass is 16.4. The number of carbonyl (C=O) groups is 6. The zero-order valence-corrected chi connectivity index (χ0v) is 20.7. The van der Waals surface area contributed by atoms with E-state index in [2.05, 4.69) is 26.3 Å². The van der Waals surface area contributed by atoms with Crippen LogP contribution in [-0.4, -0.2) is 106 Å². The number of nitrogens with one attached hydrogen (secondary N) is 4. The molecule has 3 fully saturated rings. The average Bonchev–Trinajstić information content (AvgIpc) is 3.28. The van der Waals surface area contributed by atoms with E-state index in [-0.39, 0.29) is 25.0 Å². The highest BCUT2D eigenvalue weighted by Gasteiger charge is 2.50. The summed E-state index contributed by atoms with van der Waals surface area (Å²) < 4.78 is 0. The third kappa shape index (κ3) is 6.87. The maximum Gasteiger partial charge on any atom is 0.305 e. The first-order valence-electron chi connectivity index (χ1n) is 12.4. The van der Waals surface area contributed by atoms with Gasteiger partial charge < -0.3 is 47.8 Å². The van der Waals surface area contributed by atoms with Gasteiger partial charge in [0, 0.05) is 25.1 Å². The van der Waals surface area contributed by atoms with Gasteiger partial charge in [-0.05, 0) is 32.1 Å². The molecule has 3 aliphatic heterocycles. The predicted octanol–water partition coefficient (Wildman–Crippen LogP) is -4.53. The molecule has 3 rings (SSSR count). The molecule has 0 unspecified atom stereocenters. The number of fused-ring (bicyclic) bond motifs is 1. The Morgan fingerprint density at radius 2 is 1.74 bits per heavy atom. The van der Waals surface area contributed by atoms with Crippen LogP contribution in [0.15, 0.2) is 4.99 Å². The number of piperidine rings is 1. The minimum atomic E-state index is -1.54. The van der Waals surface area contributed by atoms with Crippen LogP contribution < -0.4 is 32.7 Å². The number of nitrogens with two attached hydrogens (primary N) is 2. The Morgan fingerprint density at radius 1 is 1.00 bits per heavy atom. The molecule has 10 N–H and O–H groups in total. The zero-order chi connectivity index (χ0) is 28.0. The van der Waals surface area contributed by atoms with Gasteiger partial charge in [-0.25, -0.2) is 0 Å². The highest BCUT2D eigenvalue weighted by molar-refractivity contribution is 5.98. The summed E-state index contributed by atoms with van der Waals surface area (Å²) >= 11 is 0. The Hall–Kier alpha value is -3.95. The Balaban J connectivity index is 1.91. The number of amides is 5. The van der Waals surface area contributed by atoms with E-state index in [0.717, 1.165) is 0 Å². The first-order chi connectivity index (χ1) is 18.0. The van der Waals surface area contributed by atoms with Crippen LogP contribution in [0, 0.1) is 5.92 Å². The quantitative estimate of drug-likeness (QED) is 0.0874. The van der Waals surface area contributed by atoms with Crippen LogP contribution in [0.4, 0.5) is 0 Å². The highest BCUT2D eigenvalue weighted by Crippen LogP contribution is 2.35. The molecule has 16 heteroatoms. The number of carboxylic acids is 1. The van der Waals surface area contributed by atoms with Gasteiger partial charge in [0.2, 0.25) is 29.5 Å². The molecular formula is C22H34N8O8. The van der Waals surface area contributed by atoms with E-state index >= 15 is 0 Å². The van der Waals surface area contributed by atoms with Gasteiger partial charge in [0.1, 0.15) is 24.2 Å². The molecule has 0 aliphatic carbocycles. The van der Waals surface area contributed by atoms with Crippen LogP contribution in [0.1, 0.15) is 38.5 Å². The van der Waals surface area contributed by atoms with Gasteiger partial charge in [-0.2, -0.15) is 0 Å². The molecule has 5 amide bonds. The number of aliphatic carboxylic acids is 1. The van der Waals surface area contributed by atoms with Crippen molar-refractivity contribution >= 4 is 41.5 Å². The summed E-state index contributed by atoms with van der Waals surface area (Å²) in [6.45, 7) is -0.834. The van der Waals surface area contributed by atoms with Gasteiger partial charge in [0.15, 0.2) is 5.96 Å². The molecular weight excluding hydrogens is 504 g/mol. The molecule has 3 aliphatic rings. The van der Waals surface area contributed by atoms with Crippen molar-refractivity contribution in [3.63, 3.8) is 0 Å². The second-order valence-electron chi connectivity index (χ2n) is 9.60. The largest absolute Gasteiger partial charge is 0.481 e. The Bertz CT molecular complexity index is 1000. The van der Waals surface area contributed by atoms with E-state index in [1.54, 1.807) is 0 Å². The van der Waals surface area contributed by atoms with Crippen LogP contribution >= 0.6 is 0 Å². The van der Waals surface area contributed by atoms with Crippen LogP contribution in [-0.2, 0) is 28.8 Å². The lowest BCUT2D eigenvalue weighted by Crippen LogP contribution is -2.64. The number of hydrogen-bond donors (Lipinski definition) is 8. The molecule has 0 spiro atoms. The topological polar surface area (TPSA) is 259 Å². The SMILES string of the molecule is NC(N)=NCCC[C@@H]1NC(=O)[C@@H]2CC[C@H]3C[C@@H](CO)[C@@H](NC(=O)[C@H](CC(=O)O)NC(=O)CNC1=O)C(=O)N32. The van der Waals surface area contributed by atoms with Gasteiger partial charge in [-0.15, -0.1) is 0 Å². The number of carbonyl (C=O) groups excluding carboxylic acids is 5. The van der Waals surface area contributed by atoms with Crippen LogP contribution in [0.25, 0.3) is 0 Å². The zero-order valence-electron chi connectivity index (χ0n) is 20.7. The minimum absolute atomic E-state index is 0.122. The number of aliphatic imine (C=N–C) groups is 1. The second-order valence-corrected chi connectivity index (χ2v) is 9.60. The van der Waals surface area contributed by atoms with Crippen molar-refractivity contribution < 1.29 is 39.0 Å². The fourth-order valence-electron chi connectivity index (χ4n) is 5.13. The second kappa shape index (κ2) is 12.5. The Morgan fingerprint density at radius 3 is 2.39 bits per heavy atom. The molecule has 0 saturated carbocycles. The van der Waals surface area contributed by atoms with E-state index in [1.165, 1.54) is 4.90 Å². The molecule has 0 aromatic rings. The normalized spacial score (nSPS) is 30.2. The van der Waals surface area contributed by atoms with Crippen LogP contribution in [0.5, 0.6) is 0 Å². The van der Waals surface area contributed by atoms with Crippen molar-refractivity contribution in [2.75, 3.05) is 19.7 Å². The first kappa shape index (κ1) is 28.6. The van der Waals surface area contributed by atoms with Crippen molar-refractivity contribution in [1.29, 1.82) is 0 Å². The van der Waals surface area contributed by atoms with Crippen molar-refractivity contribution in [3.05, 3.63) is 0 Å². The number of aliphatic hydroxyl groups is 1. The Kier molecular flexibility index (Phi) is 9.44. The van der Waals surface area contributed by atoms with Crippen LogP contribution in [0.3, 0.4) is 0 Å². The molecule has 2 bridgehead atoms. The third-order valence-corrected chi connectivity index (χ3v) is 6.94. The number of rotatable bonds is 7. The number of carboxylic acid groups (broad SMARTS) is 1. The molecule has 16 nitrogen and oxygen atoms in total. The molecule has 3 saturated heterocycles. The van der Waals surface area contributed by atoms with Gasteiger partial charge in [-0.3, -0.25) is 33.8 Å². The maximum absolute atomic E-state index is 13.5. The molecule has 3 heterocycles. The minimum Gasteiger partial charge on any atom is -0.481 e. The summed E-state index contributed by atoms with van der Waals surface area (Å²) in [5.74, 6) is -5.83. The van der Waals surface area contributed by atoms with E-state index in [1.807, 2.05) is 0 Å². The number of guanidine groups is 1. The summed E-state index contributed by atoms with van der Waals surface area (Å²) in [6.07, 6.45) is 0.758. The number of aliphatic hydroxyl groups excluding tert-OH is 1. The lowest BCUT2D eigenvalue weighted by molar-refractivity contribution is -0.150. The maximum atomic E-state index is 13.5. The predicted molar refractivity (Wildman–Crippen MR) is 130 cm³/mol. The number of hydrogen-bond acceptors (Lipinski definition) is 8. The van der Waals surface area contributed by atoms with E-state index in [4.69, 9.17) is 11.5 Å². The lowest BCUT2D eigenvalue weighted by atomic mass is 9.86. The standard InChI is InChI=1S/C22H34N8O8/c23-22(24)25-5-1-2-12-18(35)26-8-15(32)27-13(7-16(33)34)19(36)29-17-10(9-31)6-11-3-4-14(20(37)28-12)30(11)21(17)38/h10-14,17,31H,1-9H2,(H,26,35)(H,27,32)(H,28,37)(H,29,36)(H,33,34)(H4,23,24,25)/t10-,11-,12-,13-,14-,17+/m0/s1. The summed E-state index contributed by atoms with van der Waals surface area (Å²) in [4.78, 5) is 81.6. The summed E-state index contributed by atoms with van der Waals surface area (Å²) in [5.41, 5.74) is 10.6. The van der Waals surface area contributed by atoms with E-state index in [9.17, 15) is 39.0 Å². The fourth-order valence-corrected chi connectivity index (χ4v) is 5.13. The van der Waals surface area contributed by atoms with E-state index < -0.39 is 85.2 Å². The van der Waals surface area contributed by atoms with Gasteiger partial charge in [0.05, 0.1) is 13.0 Å². The van der Waals surface area contributed by atoms with Gasteiger partial charge in [-0.1, -0.05) is 0 Å². The van der Waals surface area contributed by atoms with Gasteiger partial charge in [0.25, 0.3) is 0 Å². The summed E-state index contributed by atoms with van der Waals surface area (Å²) in [6, 6.07) is -5.13. The average molecular weight is 539 g/mol. The van der Waals surface area contributed by atoms with Crippen molar-refractivity contribution in [2.24, 2.45) is 22.4 Å². The van der Waals surface area contributed by atoms with Crippen molar-refractivity contribution in [2.45, 2.75) is 68.7 Å². The molecule has 6 atom stereocenters. The fraction of sp³-hybridized carbons (Fsp3) is 0.682. The molecule has 210 valence electrons. The van der Waals surface area contributed by atoms with Crippen molar-refractivity contribution in [3.8, 4) is 0 Å². The van der Waals surface area contributed by atoms with Gasteiger partial charge >= 0.3 is 5.97 Å². The smallest absolute Gasteiger partial charge is 0.305 e. The molecule has 38 heavy (non-hydrogen) atoms. The summed E-state index contributed by atoms with van der Waals surface area (Å²) in [7, 11) is 0. The van der Waals surface area contributed by atoms with Crippen LogP contribution in [0.2, 0.25) is 0 Å². The Labute approximate surface area is 217 Å². The number of nitrogens with zero attached hydrogens (tertiary/aromatic N) is 2.